The highest BCUT2D eigenvalue weighted by Gasteiger charge is 2.61. The summed E-state index contributed by atoms with van der Waals surface area (Å²) in [6.45, 7) is 8.78. The topological polar surface area (TPSA) is 59.0 Å². The van der Waals surface area contributed by atoms with Crippen molar-refractivity contribution in [3.8, 4) is 0 Å². The monoisotopic (exact) mass is 332 g/mol. The number of carbonyl (C=O) groups excluding carboxylic acids is 1. The third-order valence-corrected chi connectivity index (χ3v) is 7.38. The second-order valence-electron chi connectivity index (χ2n) is 7.85. The molecule has 2 heterocycles. The zero-order chi connectivity index (χ0) is 16.2. The molecule has 3 aliphatic rings. The highest BCUT2D eigenvalue weighted by atomic mass is 32.2. The highest BCUT2D eigenvalue weighted by Crippen LogP contribution is 2.66. The van der Waals surface area contributed by atoms with Crippen molar-refractivity contribution >= 4 is 17.7 Å². The van der Waals surface area contributed by atoms with E-state index in [0.29, 0.717) is 16.8 Å². The Hall–Kier alpha value is -1.17. The second-order valence-corrected chi connectivity index (χ2v) is 8.79. The first-order valence-corrected chi connectivity index (χ1v) is 9.58. The first-order chi connectivity index (χ1) is 10.9. The maximum absolute atomic E-state index is 12.2. The smallest absolute Gasteiger partial charge is 0.233 e. The van der Waals surface area contributed by atoms with Crippen LogP contribution >= 0.6 is 11.8 Å². The van der Waals surface area contributed by atoms with E-state index in [0.717, 1.165) is 37.3 Å². The summed E-state index contributed by atoms with van der Waals surface area (Å²) in [6.07, 6.45) is 4.62. The lowest BCUT2D eigenvalue weighted by Gasteiger charge is -2.33. The molecule has 1 saturated heterocycles. The molecule has 23 heavy (non-hydrogen) atoms. The normalized spacial score (nSPS) is 30.7. The van der Waals surface area contributed by atoms with Crippen LogP contribution in [0, 0.1) is 5.41 Å². The number of aromatic nitrogens is 3. The summed E-state index contributed by atoms with van der Waals surface area (Å²) < 4.78 is 0. The molecule has 2 aliphatic carbocycles. The van der Waals surface area contributed by atoms with E-state index in [1.54, 1.807) is 0 Å². The number of carbonyl (C=O) groups is 1. The van der Waals surface area contributed by atoms with Crippen molar-refractivity contribution < 1.29 is 4.79 Å². The highest BCUT2D eigenvalue weighted by molar-refractivity contribution is 7.99. The van der Waals surface area contributed by atoms with Crippen LogP contribution in [0.15, 0.2) is 5.16 Å². The van der Waals surface area contributed by atoms with E-state index in [1.165, 1.54) is 24.6 Å². The molecule has 0 unspecified atom stereocenters. The lowest BCUT2D eigenvalue weighted by atomic mass is 9.70. The minimum atomic E-state index is 0.0945. The Balaban J connectivity index is 1.52. The molecule has 1 amide bonds. The molecule has 1 saturated carbocycles. The van der Waals surface area contributed by atoms with Gasteiger partial charge < -0.3 is 4.90 Å². The summed E-state index contributed by atoms with van der Waals surface area (Å²) in [5, 5.41) is 9.45. The van der Waals surface area contributed by atoms with Gasteiger partial charge >= 0.3 is 0 Å². The van der Waals surface area contributed by atoms with E-state index in [-0.39, 0.29) is 16.7 Å². The summed E-state index contributed by atoms with van der Waals surface area (Å²) in [5.41, 5.74) is 2.52. The van der Waals surface area contributed by atoms with Crippen molar-refractivity contribution in [3.63, 3.8) is 0 Å². The minimum absolute atomic E-state index is 0.0945. The van der Waals surface area contributed by atoms with Crippen LogP contribution < -0.4 is 0 Å². The van der Waals surface area contributed by atoms with Gasteiger partial charge in [0.1, 0.15) is 0 Å². The van der Waals surface area contributed by atoms with Crippen molar-refractivity contribution in [2.75, 3.05) is 18.8 Å². The van der Waals surface area contributed by atoms with Gasteiger partial charge in [0, 0.05) is 24.4 Å². The fourth-order valence-electron chi connectivity index (χ4n) is 4.61. The molecule has 0 spiro atoms. The Morgan fingerprint density at radius 1 is 1.26 bits per heavy atom. The van der Waals surface area contributed by atoms with E-state index in [4.69, 9.17) is 4.98 Å². The first-order valence-electron chi connectivity index (χ1n) is 8.59. The number of amides is 1. The summed E-state index contributed by atoms with van der Waals surface area (Å²) in [6, 6.07) is 0. The molecule has 1 aromatic heterocycles. The van der Waals surface area contributed by atoms with Gasteiger partial charge in [0.05, 0.1) is 17.1 Å². The van der Waals surface area contributed by atoms with Crippen LogP contribution in [0.25, 0.3) is 0 Å². The Labute approximate surface area is 141 Å². The number of fused-ring (bicyclic) bond motifs is 5. The summed E-state index contributed by atoms with van der Waals surface area (Å²) in [5.74, 6) is 1.10. The van der Waals surface area contributed by atoms with Gasteiger partial charge in [-0.1, -0.05) is 32.5 Å². The zero-order valence-corrected chi connectivity index (χ0v) is 14.9. The van der Waals surface area contributed by atoms with Crippen LogP contribution in [0.4, 0.5) is 0 Å². The standard InChI is InChI=1S/C17H24N4OS/c1-16(2)11-6-7-17(16,3)14-13(11)19-20-15(18-14)23-10-12(22)21-8-4-5-9-21/h11H,4-10H2,1-3H3/t11-,17-/m1/s1. The van der Waals surface area contributed by atoms with Crippen LogP contribution in [-0.2, 0) is 10.2 Å². The number of likely N-dealkylation sites (tertiary alicyclic amines) is 1. The van der Waals surface area contributed by atoms with Gasteiger partial charge in [-0.25, -0.2) is 4.98 Å². The molecule has 2 atom stereocenters. The van der Waals surface area contributed by atoms with Gasteiger partial charge in [0.25, 0.3) is 0 Å². The molecule has 1 aliphatic heterocycles. The van der Waals surface area contributed by atoms with Crippen LogP contribution in [0.5, 0.6) is 0 Å². The van der Waals surface area contributed by atoms with Crippen molar-refractivity contribution in [1.29, 1.82) is 0 Å². The molecule has 5 nitrogen and oxygen atoms in total. The third kappa shape index (κ3) is 2.13. The third-order valence-electron chi connectivity index (χ3n) is 6.56. The van der Waals surface area contributed by atoms with E-state index < -0.39 is 0 Å². The van der Waals surface area contributed by atoms with E-state index in [1.807, 2.05) is 4.90 Å². The SMILES string of the molecule is CC1(C)[C@@H]2CC[C@]1(C)c1nc(SCC(=O)N3CCCC3)nnc12. The molecule has 0 N–H and O–H groups in total. The number of rotatable bonds is 3. The molecule has 4 rings (SSSR count). The maximum Gasteiger partial charge on any atom is 0.233 e. The Bertz CT molecular complexity index is 656. The molecular formula is C17H24N4OS. The first kappa shape index (κ1) is 15.4. The van der Waals surface area contributed by atoms with Gasteiger partial charge in [-0.15, -0.1) is 5.10 Å². The van der Waals surface area contributed by atoms with Gasteiger partial charge in [-0.2, -0.15) is 5.10 Å². The van der Waals surface area contributed by atoms with Crippen molar-refractivity contribution in [3.05, 3.63) is 11.4 Å². The fraction of sp³-hybridized carbons (Fsp3) is 0.765. The Kier molecular flexibility index (Phi) is 3.45. The lowest BCUT2D eigenvalue weighted by Crippen LogP contribution is -2.32. The van der Waals surface area contributed by atoms with E-state index >= 15 is 0 Å². The molecule has 2 bridgehead atoms. The molecular weight excluding hydrogens is 308 g/mol. The zero-order valence-electron chi connectivity index (χ0n) is 14.1. The van der Waals surface area contributed by atoms with Gasteiger partial charge in [-0.05, 0) is 31.1 Å². The Morgan fingerprint density at radius 3 is 2.74 bits per heavy atom. The van der Waals surface area contributed by atoms with Gasteiger partial charge in [0.2, 0.25) is 11.1 Å². The van der Waals surface area contributed by atoms with Crippen LogP contribution in [0.2, 0.25) is 0 Å². The average molecular weight is 332 g/mol. The Morgan fingerprint density at radius 2 is 2.00 bits per heavy atom. The second kappa shape index (κ2) is 5.16. The predicted octanol–water partition coefficient (Wildman–Crippen LogP) is 2.76. The summed E-state index contributed by atoms with van der Waals surface area (Å²) in [7, 11) is 0. The van der Waals surface area contributed by atoms with Gasteiger partial charge in [-0.3, -0.25) is 4.79 Å². The predicted molar refractivity (Wildman–Crippen MR) is 89.5 cm³/mol. The quantitative estimate of drug-likeness (QED) is 0.797. The lowest BCUT2D eigenvalue weighted by molar-refractivity contribution is -0.127. The van der Waals surface area contributed by atoms with Gasteiger partial charge in [0.15, 0.2) is 0 Å². The molecule has 124 valence electrons. The molecule has 6 heteroatoms. The van der Waals surface area contributed by atoms with Crippen LogP contribution in [-0.4, -0.2) is 44.8 Å². The van der Waals surface area contributed by atoms with E-state index in [2.05, 4.69) is 31.0 Å². The van der Waals surface area contributed by atoms with Crippen molar-refractivity contribution in [2.45, 2.75) is 62.9 Å². The largest absolute Gasteiger partial charge is 0.342 e. The van der Waals surface area contributed by atoms with Crippen molar-refractivity contribution in [1.82, 2.24) is 20.1 Å². The van der Waals surface area contributed by atoms with E-state index in [9.17, 15) is 4.79 Å². The molecule has 1 aromatic rings. The van der Waals surface area contributed by atoms with Crippen molar-refractivity contribution in [2.24, 2.45) is 5.41 Å². The number of thioether (sulfide) groups is 1. The molecule has 2 fully saturated rings. The number of nitrogens with zero attached hydrogens (tertiary/aromatic N) is 4. The molecule has 0 aromatic carbocycles. The maximum atomic E-state index is 12.2. The summed E-state index contributed by atoms with van der Waals surface area (Å²) >= 11 is 1.43. The summed E-state index contributed by atoms with van der Waals surface area (Å²) in [4.78, 5) is 18.9. The molecule has 0 radical (unpaired) electrons. The number of hydrogen-bond donors (Lipinski definition) is 0. The van der Waals surface area contributed by atoms with Crippen LogP contribution in [0.3, 0.4) is 0 Å². The fourth-order valence-corrected chi connectivity index (χ4v) is 5.30. The minimum Gasteiger partial charge on any atom is -0.342 e. The number of hydrogen-bond acceptors (Lipinski definition) is 5. The average Bonchev–Trinajstić information content (AvgIpc) is 3.17. The van der Waals surface area contributed by atoms with Crippen LogP contribution in [0.1, 0.15) is 63.8 Å².